The van der Waals surface area contributed by atoms with E-state index in [1.54, 1.807) is 12.1 Å². The van der Waals surface area contributed by atoms with Crippen LogP contribution < -0.4 is 0 Å². The fraction of sp³-hybridized carbons (Fsp3) is 0.333. The summed E-state index contributed by atoms with van der Waals surface area (Å²) in [7, 11) is 0. The topological polar surface area (TPSA) is 25.2 Å². The maximum atomic E-state index is 12.3. The first-order chi connectivity index (χ1) is 6.57. The molecule has 0 radical (unpaired) electrons. The largest absolute Gasteiger partial charge is 0.429 e. The maximum Gasteiger partial charge on any atom is 0.429 e. The van der Waals surface area contributed by atoms with Crippen molar-refractivity contribution in [1.82, 2.24) is 4.98 Å². The number of aliphatic imine (C=N–C) groups is 1. The molecule has 0 amide bonds. The zero-order valence-corrected chi connectivity index (χ0v) is 7.17. The van der Waals surface area contributed by atoms with Crippen LogP contribution in [0, 0.1) is 0 Å². The van der Waals surface area contributed by atoms with Crippen molar-refractivity contribution in [2.45, 2.75) is 19.0 Å². The molecule has 0 aromatic carbocycles. The maximum absolute atomic E-state index is 12.3. The smallest absolute Gasteiger partial charge is 0.237 e. The summed E-state index contributed by atoms with van der Waals surface area (Å²) in [6.07, 6.45) is -2.57. The molecular weight excluding hydrogens is 193 g/mol. The average Bonchev–Trinajstić information content (AvgIpc) is 2.16. The van der Waals surface area contributed by atoms with E-state index >= 15 is 0 Å². The van der Waals surface area contributed by atoms with Crippen LogP contribution in [0.2, 0.25) is 0 Å². The second-order valence-corrected chi connectivity index (χ2v) is 3.04. The predicted molar refractivity (Wildman–Crippen MR) is 45.7 cm³/mol. The first-order valence-electron chi connectivity index (χ1n) is 4.16. The molecule has 0 atom stereocenters. The Morgan fingerprint density at radius 3 is 2.71 bits per heavy atom. The van der Waals surface area contributed by atoms with Crippen LogP contribution in [0.25, 0.3) is 0 Å². The van der Waals surface area contributed by atoms with E-state index in [0.29, 0.717) is 6.42 Å². The number of hydrogen-bond donors (Lipinski definition) is 0. The summed E-state index contributed by atoms with van der Waals surface area (Å²) in [5, 5.41) is 0. The summed E-state index contributed by atoms with van der Waals surface area (Å²) in [5.74, 6) is 0.200. The minimum atomic E-state index is -4.32. The number of hydrogen-bond acceptors (Lipinski definition) is 2. The van der Waals surface area contributed by atoms with Crippen LogP contribution in [0.15, 0.2) is 23.3 Å². The highest BCUT2D eigenvalue weighted by Gasteiger charge is 2.36. The number of aromatic nitrogens is 1. The zero-order valence-electron chi connectivity index (χ0n) is 7.17. The number of fused-ring (bicyclic) bond motifs is 1. The summed E-state index contributed by atoms with van der Waals surface area (Å²) in [6.45, 7) is 0. The van der Waals surface area contributed by atoms with Crippen molar-refractivity contribution in [3.63, 3.8) is 0 Å². The van der Waals surface area contributed by atoms with Crippen molar-refractivity contribution in [3.05, 3.63) is 23.9 Å². The lowest BCUT2D eigenvalue weighted by atomic mass is 10.0. The van der Waals surface area contributed by atoms with Crippen LogP contribution in [-0.2, 0) is 6.42 Å². The van der Waals surface area contributed by atoms with Gasteiger partial charge in [0.25, 0.3) is 0 Å². The minimum Gasteiger partial charge on any atom is -0.237 e. The lowest BCUT2D eigenvalue weighted by Crippen LogP contribution is -2.25. The molecule has 0 N–H and O–H groups in total. The molecule has 0 fully saturated rings. The van der Waals surface area contributed by atoms with Crippen LogP contribution in [0.5, 0.6) is 0 Å². The van der Waals surface area contributed by atoms with Crippen LogP contribution in [0.3, 0.4) is 0 Å². The van der Waals surface area contributed by atoms with Crippen molar-refractivity contribution in [2.24, 2.45) is 4.99 Å². The normalized spacial score (nSPS) is 16.1. The molecule has 0 saturated heterocycles. The Balaban J connectivity index is 2.41. The Kier molecular flexibility index (Phi) is 2.02. The second-order valence-electron chi connectivity index (χ2n) is 3.04. The van der Waals surface area contributed by atoms with Gasteiger partial charge in [0.2, 0.25) is 0 Å². The highest BCUT2D eigenvalue weighted by Crippen LogP contribution is 2.29. The number of alkyl halides is 3. The monoisotopic (exact) mass is 200 g/mol. The summed E-state index contributed by atoms with van der Waals surface area (Å²) >= 11 is 0. The molecular formula is C9H7F3N2. The van der Waals surface area contributed by atoms with Gasteiger partial charge in [0.1, 0.15) is 5.71 Å². The molecule has 0 saturated carbocycles. The number of nitrogens with zero attached hydrogens (tertiary/aromatic N) is 2. The van der Waals surface area contributed by atoms with Crippen molar-refractivity contribution in [3.8, 4) is 0 Å². The number of rotatable bonds is 0. The van der Waals surface area contributed by atoms with Gasteiger partial charge in [-0.15, -0.1) is 0 Å². The Bertz CT molecular complexity index is 382. The third kappa shape index (κ3) is 1.62. The lowest BCUT2D eigenvalue weighted by Gasteiger charge is -2.15. The Morgan fingerprint density at radius 1 is 1.21 bits per heavy atom. The average molecular weight is 200 g/mol. The highest BCUT2D eigenvalue weighted by molar-refractivity contribution is 5.93. The van der Waals surface area contributed by atoms with Crippen molar-refractivity contribution >= 4 is 11.5 Å². The molecule has 1 aliphatic heterocycles. The molecule has 74 valence electrons. The standard InChI is InChI=1S/C9H7F3N2/c10-9(11,12)7-4-3-6-2-1-5-13-8(6)14-7/h1-2,5H,3-4H2. The second kappa shape index (κ2) is 3.08. The molecule has 1 aromatic heterocycles. The van der Waals surface area contributed by atoms with Gasteiger partial charge in [-0.25, -0.2) is 9.98 Å². The summed E-state index contributed by atoms with van der Waals surface area (Å²) in [5.41, 5.74) is 0.0456. The quantitative estimate of drug-likeness (QED) is 0.632. The number of halogens is 3. The van der Waals surface area contributed by atoms with E-state index < -0.39 is 11.9 Å². The number of aryl methyl sites for hydroxylation is 1. The van der Waals surface area contributed by atoms with E-state index in [9.17, 15) is 13.2 Å². The first kappa shape index (κ1) is 9.18. The predicted octanol–water partition coefficient (Wildman–Crippen LogP) is 2.66. The Hall–Kier alpha value is -1.39. The van der Waals surface area contributed by atoms with E-state index in [2.05, 4.69) is 9.98 Å². The van der Waals surface area contributed by atoms with Crippen LogP contribution in [0.4, 0.5) is 19.0 Å². The molecule has 0 spiro atoms. The zero-order chi connectivity index (χ0) is 10.2. The molecule has 0 aliphatic carbocycles. The van der Waals surface area contributed by atoms with Crippen LogP contribution in [0.1, 0.15) is 12.0 Å². The minimum absolute atomic E-state index is 0.0534. The fourth-order valence-electron chi connectivity index (χ4n) is 1.37. The van der Waals surface area contributed by atoms with Crippen LogP contribution >= 0.6 is 0 Å². The highest BCUT2D eigenvalue weighted by atomic mass is 19.4. The van der Waals surface area contributed by atoms with E-state index in [4.69, 9.17) is 0 Å². The summed E-state index contributed by atoms with van der Waals surface area (Å²) in [6, 6.07) is 3.45. The van der Waals surface area contributed by atoms with Gasteiger partial charge in [0.15, 0.2) is 5.82 Å². The fourth-order valence-corrected chi connectivity index (χ4v) is 1.37. The van der Waals surface area contributed by atoms with E-state index in [-0.39, 0.29) is 12.2 Å². The Morgan fingerprint density at radius 2 is 2.00 bits per heavy atom. The molecule has 1 aliphatic rings. The first-order valence-corrected chi connectivity index (χ1v) is 4.16. The van der Waals surface area contributed by atoms with Crippen molar-refractivity contribution < 1.29 is 13.2 Å². The molecule has 2 nitrogen and oxygen atoms in total. The van der Waals surface area contributed by atoms with Gasteiger partial charge in [0.05, 0.1) is 0 Å². The van der Waals surface area contributed by atoms with Gasteiger partial charge in [-0.3, -0.25) is 0 Å². The van der Waals surface area contributed by atoms with Gasteiger partial charge in [-0.05, 0) is 24.5 Å². The van der Waals surface area contributed by atoms with Crippen molar-refractivity contribution in [1.29, 1.82) is 0 Å². The SMILES string of the molecule is FC(F)(F)C1=Nc2ncccc2CC1. The van der Waals surface area contributed by atoms with Gasteiger partial charge in [0, 0.05) is 6.20 Å². The van der Waals surface area contributed by atoms with E-state index in [0.717, 1.165) is 5.56 Å². The molecule has 14 heavy (non-hydrogen) atoms. The number of pyridine rings is 1. The van der Waals surface area contributed by atoms with Gasteiger partial charge < -0.3 is 0 Å². The third-order valence-corrected chi connectivity index (χ3v) is 2.07. The third-order valence-electron chi connectivity index (χ3n) is 2.07. The Labute approximate surface area is 78.5 Å². The van der Waals surface area contributed by atoms with E-state index in [1.165, 1.54) is 6.20 Å². The molecule has 2 rings (SSSR count). The molecule has 2 heterocycles. The lowest BCUT2D eigenvalue weighted by molar-refractivity contribution is -0.0605. The summed E-state index contributed by atoms with van der Waals surface area (Å²) in [4.78, 5) is 7.29. The van der Waals surface area contributed by atoms with E-state index in [1.807, 2.05) is 0 Å². The molecule has 0 unspecified atom stereocenters. The van der Waals surface area contributed by atoms with Crippen LogP contribution in [-0.4, -0.2) is 16.9 Å². The molecule has 1 aromatic rings. The molecule has 5 heteroatoms. The van der Waals surface area contributed by atoms with Gasteiger partial charge in [-0.2, -0.15) is 13.2 Å². The van der Waals surface area contributed by atoms with Gasteiger partial charge in [-0.1, -0.05) is 6.07 Å². The van der Waals surface area contributed by atoms with Crippen molar-refractivity contribution in [2.75, 3.05) is 0 Å². The van der Waals surface area contributed by atoms with Gasteiger partial charge >= 0.3 is 6.18 Å². The summed E-state index contributed by atoms with van der Waals surface area (Å²) < 4.78 is 36.8. The molecule has 0 bridgehead atoms.